The van der Waals surface area contributed by atoms with E-state index in [-0.39, 0.29) is 36.3 Å². The molecule has 0 unspecified atom stereocenters. The van der Waals surface area contributed by atoms with Gasteiger partial charge in [0.15, 0.2) is 0 Å². The van der Waals surface area contributed by atoms with E-state index in [4.69, 9.17) is 13.7 Å². The molecule has 1 heterocycles. The van der Waals surface area contributed by atoms with Crippen LogP contribution < -0.4 is 10.6 Å². The molecule has 0 bridgehead atoms. The van der Waals surface area contributed by atoms with Crippen molar-refractivity contribution in [1.29, 1.82) is 0 Å². The number of likely N-dealkylation sites (tertiary alicyclic amines) is 1. The number of rotatable bonds is 10. The van der Waals surface area contributed by atoms with E-state index in [9.17, 15) is 27.6 Å². The molecule has 46 heavy (non-hydrogen) atoms. The van der Waals surface area contributed by atoms with Crippen molar-refractivity contribution in [2.24, 2.45) is 23.2 Å². The standard InChI is InChI=1S/C32H44BrN3O9S/c1-8-20-16-32(20,29(39)43-7)35-27(37)25-15-23(45-46(41,42)24-11-9-21(33)10-12-24)17-36(25)28(38)26(31(4,5)6)34-30(40)44-22-13-18(2)19(3)14-22/h8-12,18-20,22-23,25-26H,1,13-17H2,2-7H3,(H,34,40)(H,35,37)/t18-,19+,20-,22+,23+,25+,26-,32-/m1/s1. The zero-order valence-corrected chi connectivity index (χ0v) is 29.5. The maximum Gasteiger partial charge on any atom is 0.408 e. The average Bonchev–Trinajstić information content (AvgIpc) is 3.38. The van der Waals surface area contributed by atoms with Crippen LogP contribution in [-0.4, -0.2) is 80.7 Å². The van der Waals surface area contributed by atoms with Crippen LogP contribution >= 0.6 is 15.9 Å². The van der Waals surface area contributed by atoms with Gasteiger partial charge in [0.1, 0.15) is 23.7 Å². The SMILES string of the molecule is C=C[C@@H]1C[C@]1(NC(=O)[C@@H]1C[C@H](OS(=O)(=O)c2ccc(Br)cc2)CN1C(=O)[C@@H](NC(=O)O[C@H]1C[C@@H](C)[C@@H](C)C1)C(C)(C)C)C(=O)OC. The second-order valence-corrected chi connectivity index (χ2v) is 16.3. The molecule has 8 atom stereocenters. The van der Waals surface area contributed by atoms with Crippen LogP contribution in [0.15, 0.2) is 46.3 Å². The summed E-state index contributed by atoms with van der Waals surface area (Å²) in [7, 11) is -3.06. The van der Waals surface area contributed by atoms with Crippen LogP contribution in [0, 0.1) is 23.2 Å². The Morgan fingerprint density at radius 3 is 2.20 bits per heavy atom. The zero-order chi connectivity index (χ0) is 34.2. The van der Waals surface area contributed by atoms with E-state index in [1.807, 2.05) is 0 Å². The second kappa shape index (κ2) is 13.6. The van der Waals surface area contributed by atoms with Crippen LogP contribution in [0.2, 0.25) is 0 Å². The van der Waals surface area contributed by atoms with Gasteiger partial charge in [-0.3, -0.25) is 13.8 Å². The van der Waals surface area contributed by atoms with Crippen LogP contribution in [0.25, 0.3) is 0 Å². The molecule has 1 aromatic rings. The highest BCUT2D eigenvalue weighted by Crippen LogP contribution is 2.45. The third-order valence-electron chi connectivity index (χ3n) is 9.30. The van der Waals surface area contributed by atoms with Crippen LogP contribution in [0.3, 0.4) is 0 Å². The first-order chi connectivity index (χ1) is 21.4. The molecule has 0 radical (unpaired) electrons. The average molecular weight is 727 g/mol. The Hall–Kier alpha value is -2.97. The van der Waals surface area contributed by atoms with Gasteiger partial charge in [-0.15, -0.1) is 6.58 Å². The molecule has 3 fully saturated rings. The highest BCUT2D eigenvalue weighted by atomic mass is 79.9. The lowest BCUT2D eigenvalue weighted by Gasteiger charge is -2.35. The van der Waals surface area contributed by atoms with Crippen molar-refractivity contribution in [2.45, 2.75) is 95.0 Å². The van der Waals surface area contributed by atoms with E-state index < -0.39 is 63.1 Å². The number of esters is 1. The first kappa shape index (κ1) is 35.9. The van der Waals surface area contributed by atoms with Crippen molar-refractivity contribution >= 4 is 49.9 Å². The minimum atomic E-state index is -4.27. The Kier molecular flexibility index (Phi) is 10.6. The van der Waals surface area contributed by atoms with Gasteiger partial charge in [-0.1, -0.05) is 56.6 Å². The number of nitrogens with one attached hydrogen (secondary N) is 2. The summed E-state index contributed by atoms with van der Waals surface area (Å²) in [6.45, 7) is 13.0. The fourth-order valence-electron chi connectivity index (χ4n) is 6.29. The maximum absolute atomic E-state index is 14.3. The van der Waals surface area contributed by atoms with Crippen molar-refractivity contribution in [2.75, 3.05) is 13.7 Å². The normalized spacial score (nSPS) is 29.8. The van der Waals surface area contributed by atoms with Crippen LogP contribution in [0.5, 0.6) is 0 Å². The number of nitrogens with zero attached hydrogens (tertiary/aromatic N) is 1. The summed E-state index contributed by atoms with van der Waals surface area (Å²) in [5, 5.41) is 5.45. The zero-order valence-electron chi connectivity index (χ0n) is 27.1. The van der Waals surface area contributed by atoms with Gasteiger partial charge in [0.2, 0.25) is 11.8 Å². The van der Waals surface area contributed by atoms with Crippen molar-refractivity contribution in [3.05, 3.63) is 41.4 Å². The molecule has 4 rings (SSSR count). The number of benzene rings is 1. The molecule has 254 valence electrons. The Balaban J connectivity index is 1.59. The molecule has 12 nitrogen and oxygen atoms in total. The minimum Gasteiger partial charge on any atom is -0.467 e. The molecule has 2 N–H and O–H groups in total. The lowest BCUT2D eigenvalue weighted by molar-refractivity contribution is -0.148. The number of hydrogen-bond donors (Lipinski definition) is 2. The summed E-state index contributed by atoms with van der Waals surface area (Å²) in [4.78, 5) is 54.9. The van der Waals surface area contributed by atoms with Crippen molar-refractivity contribution in [3.63, 3.8) is 0 Å². The highest BCUT2D eigenvalue weighted by Gasteiger charge is 2.62. The monoisotopic (exact) mass is 725 g/mol. The Morgan fingerprint density at radius 2 is 1.67 bits per heavy atom. The first-order valence-corrected chi connectivity index (χ1v) is 17.6. The molecule has 14 heteroatoms. The van der Waals surface area contributed by atoms with Gasteiger partial charge in [-0.2, -0.15) is 8.42 Å². The first-order valence-electron chi connectivity index (χ1n) is 15.4. The fraction of sp³-hybridized carbons (Fsp3) is 0.625. The van der Waals surface area contributed by atoms with Crippen molar-refractivity contribution in [3.8, 4) is 0 Å². The maximum atomic E-state index is 14.3. The van der Waals surface area contributed by atoms with E-state index in [0.29, 0.717) is 16.3 Å². The van der Waals surface area contributed by atoms with Crippen molar-refractivity contribution < 1.29 is 41.3 Å². The molecule has 2 saturated carbocycles. The number of halogens is 1. The van der Waals surface area contributed by atoms with Gasteiger partial charge in [0.05, 0.1) is 18.1 Å². The van der Waals surface area contributed by atoms with Gasteiger partial charge in [0.25, 0.3) is 10.1 Å². The molecule has 3 aliphatic rings. The number of carbonyl (C=O) groups is 4. The summed E-state index contributed by atoms with van der Waals surface area (Å²) in [5.41, 5.74) is -2.17. The molecule has 1 aromatic carbocycles. The van der Waals surface area contributed by atoms with E-state index in [2.05, 4.69) is 47.0 Å². The Labute approximate surface area is 279 Å². The molecule has 0 spiro atoms. The van der Waals surface area contributed by atoms with Crippen LogP contribution in [0.1, 0.15) is 60.3 Å². The van der Waals surface area contributed by atoms with Gasteiger partial charge in [-0.05, 0) is 60.8 Å². The summed E-state index contributed by atoms with van der Waals surface area (Å²) in [6, 6.07) is 3.51. The highest BCUT2D eigenvalue weighted by molar-refractivity contribution is 9.10. The summed E-state index contributed by atoms with van der Waals surface area (Å²) in [5.74, 6) is -1.54. The summed E-state index contributed by atoms with van der Waals surface area (Å²) >= 11 is 3.28. The number of ether oxygens (including phenoxy) is 2. The van der Waals surface area contributed by atoms with Gasteiger partial charge >= 0.3 is 12.1 Å². The summed E-state index contributed by atoms with van der Waals surface area (Å²) in [6.07, 6.45) is 0.952. The Morgan fingerprint density at radius 1 is 1.07 bits per heavy atom. The van der Waals surface area contributed by atoms with E-state index in [1.54, 1.807) is 39.0 Å². The quantitative estimate of drug-likeness (QED) is 0.207. The molecule has 1 saturated heterocycles. The molecular weight excluding hydrogens is 682 g/mol. The molecule has 3 amide bonds. The second-order valence-electron chi connectivity index (χ2n) is 13.8. The molecule has 1 aliphatic heterocycles. The van der Waals surface area contributed by atoms with Crippen molar-refractivity contribution in [1.82, 2.24) is 15.5 Å². The minimum absolute atomic E-state index is 0.0922. The third-order valence-corrected chi connectivity index (χ3v) is 11.2. The Bertz CT molecular complexity index is 1450. The summed E-state index contributed by atoms with van der Waals surface area (Å²) < 4.78 is 43.2. The number of methoxy groups -OCH3 is 1. The van der Waals surface area contributed by atoms with Gasteiger partial charge in [0, 0.05) is 23.4 Å². The number of alkyl carbamates (subject to hydrolysis) is 1. The third kappa shape index (κ3) is 7.76. The molecule has 2 aliphatic carbocycles. The number of carbonyl (C=O) groups excluding carboxylic acids is 4. The van der Waals surface area contributed by atoms with Crippen LogP contribution in [0.4, 0.5) is 4.79 Å². The predicted octanol–water partition coefficient (Wildman–Crippen LogP) is 3.93. The molecular formula is C32H44BrN3O9S. The molecule has 0 aromatic heterocycles. The van der Waals surface area contributed by atoms with E-state index in [1.165, 1.54) is 24.1 Å². The largest absolute Gasteiger partial charge is 0.467 e. The topological polar surface area (TPSA) is 157 Å². The fourth-order valence-corrected chi connectivity index (χ4v) is 7.63. The predicted molar refractivity (Wildman–Crippen MR) is 172 cm³/mol. The van der Waals surface area contributed by atoms with Gasteiger partial charge < -0.3 is 25.0 Å². The van der Waals surface area contributed by atoms with E-state index >= 15 is 0 Å². The lowest BCUT2D eigenvalue weighted by Crippen LogP contribution is -2.59. The number of amides is 3. The van der Waals surface area contributed by atoms with E-state index in [0.717, 1.165) is 12.8 Å². The van der Waals surface area contributed by atoms with Gasteiger partial charge in [-0.25, -0.2) is 9.59 Å². The smallest absolute Gasteiger partial charge is 0.408 e. The lowest BCUT2D eigenvalue weighted by atomic mass is 9.85. The number of hydrogen-bond acceptors (Lipinski definition) is 9. The van der Waals surface area contributed by atoms with Crippen LogP contribution in [-0.2, 0) is 38.2 Å².